The number of thiazole rings is 1. The van der Waals surface area contributed by atoms with Crippen LogP contribution in [0.15, 0.2) is 24.4 Å². The average molecular weight is 300 g/mol. The van der Waals surface area contributed by atoms with Gasteiger partial charge >= 0.3 is 5.97 Å². The Kier molecular flexibility index (Phi) is 4.01. The molecule has 0 aliphatic rings. The van der Waals surface area contributed by atoms with Crippen molar-refractivity contribution in [3.63, 3.8) is 0 Å². The maximum atomic E-state index is 10.7. The molecule has 92 valence electrons. The molecule has 0 aliphatic heterocycles. The number of aromatic carboxylic acids is 1. The summed E-state index contributed by atoms with van der Waals surface area (Å²) in [4.78, 5) is 14.9. The molecular weight excluding hydrogens is 293 g/mol. The monoisotopic (exact) mass is 299 g/mol. The molecule has 0 saturated carbocycles. The fourth-order valence-corrected chi connectivity index (χ4v) is 2.30. The minimum atomic E-state index is -0.979. The highest BCUT2D eigenvalue weighted by Gasteiger charge is 2.06. The molecule has 2 rings (SSSR count). The van der Waals surface area contributed by atoms with Gasteiger partial charge in [-0.05, 0) is 17.7 Å². The van der Waals surface area contributed by atoms with Crippen molar-refractivity contribution in [3.8, 4) is 0 Å². The molecule has 0 saturated heterocycles. The van der Waals surface area contributed by atoms with E-state index in [0.29, 0.717) is 15.1 Å². The lowest BCUT2D eigenvalue weighted by atomic mass is 10.2. The van der Waals surface area contributed by atoms with E-state index in [9.17, 15) is 4.79 Å². The van der Waals surface area contributed by atoms with Crippen LogP contribution in [-0.2, 0) is 0 Å². The maximum Gasteiger partial charge on any atom is 0.347 e. The molecule has 0 fully saturated rings. The first-order valence-electron chi connectivity index (χ1n) is 4.89. The van der Waals surface area contributed by atoms with Crippen molar-refractivity contribution >= 4 is 52.7 Å². The third kappa shape index (κ3) is 2.90. The van der Waals surface area contributed by atoms with Gasteiger partial charge in [-0.25, -0.2) is 9.78 Å². The standard InChI is InChI=1S/C12H7Cl2NO2S/c13-8-3-1-2-7(11(8)14)4-5-10-15-6-9(18-10)12(16)17/h1-6H,(H,16,17)/b5-4+. The molecule has 0 spiro atoms. The topological polar surface area (TPSA) is 50.2 Å². The summed E-state index contributed by atoms with van der Waals surface area (Å²) in [7, 11) is 0. The number of carbonyl (C=O) groups is 1. The van der Waals surface area contributed by atoms with Gasteiger partial charge in [0.25, 0.3) is 0 Å². The molecule has 0 radical (unpaired) electrons. The second-order valence-corrected chi connectivity index (χ2v) is 5.19. The van der Waals surface area contributed by atoms with E-state index in [4.69, 9.17) is 28.3 Å². The molecule has 2 aromatic rings. The van der Waals surface area contributed by atoms with E-state index in [1.165, 1.54) is 6.20 Å². The lowest BCUT2D eigenvalue weighted by Crippen LogP contribution is -1.89. The fourth-order valence-electron chi connectivity index (χ4n) is 1.27. The van der Waals surface area contributed by atoms with Crippen LogP contribution >= 0.6 is 34.5 Å². The molecule has 1 heterocycles. The predicted octanol–water partition coefficient (Wildman–Crippen LogP) is 4.32. The summed E-state index contributed by atoms with van der Waals surface area (Å²) in [6.07, 6.45) is 4.78. The molecule has 0 aliphatic carbocycles. The minimum Gasteiger partial charge on any atom is -0.477 e. The van der Waals surface area contributed by atoms with Crippen LogP contribution in [0.2, 0.25) is 10.0 Å². The summed E-state index contributed by atoms with van der Waals surface area (Å²) in [5.41, 5.74) is 0.760. The van der Waals surface area contributed by atoms with Crippen LogP contribution in [0.4, 0.5) is 0 Å². The first-order valence-corrected chi connectivity index (χ1v) is 6.46. The Labute approximate surface area is 117 Å². The summed E-state index contributed by atoms with van der Waals surface area (Å²) in [6, 6.07) is 5.31. The molecule has 18 heavy (non-hydrogen) atoms. The van der Waals surface area contributed by atoms with E-state index in [0.717, 1.165) is 16.9 Å². The molecule has 1 aromatic carbocycles. The van der Waals surface area contributed by atoms with Crippen LogP contribution in [0.1, 0.15) is 20.2 Å². The van der Waals surface area contributed by atoms with Crippen molar-refractivity contribution in [2.75, 3.05) is 0 Å². The summed E-state index contributed by atoms with van der Waals surface area (Å²) >= 11 is 13.0. The first kappa shape index (κ1) is 13.1. The summed E-state index contributed by atoms with van der Waals surface area (Å²) in [5.74, 6) is -0.979. The molecule has 0 atom stereocenters. The van der Waals surface area contributed by atoms with Gasteiger partial charge in [-0.1, -0.05) is 41.4 Å². The quantitative estimate of drug-likeness (QED) is 0.918. The Bertz CT molecular complexity index is 622. The van der Waals surface area contributed by atoms with Gasteiger partial charge in [0, 0.05) is 0 Å². The smallest absolute Gasteiger partial charge is 0.347 e. The van der Waals surface area contributed by atoms with Gasteiger partial charge in [0.2, 0.25) is 0 Å². The van der Waals surface area contributed by atoms with Gasteiger partial charge in [-0.15, -0.1) is 11.3 Å². The zero-order valence-corrected chi connectivity index (χ0v) is 11.3. The Morgan fingerprint density at radius 1 is 1.33 bits per heavy atom. The van der Waals surface area contributed by atoms with Crippen molar-refractivity contribution in [2.24, 2.45) is 0 Å². The van der Waals surface area contributed by atoms with Crippen molar-refractivity contribution in [3.05, 3.63) is 49.9 Å². The predicted molar refractivity (Wildman–Crippen MR) is 74.5 cm³/mol. The Balaban J connectivity index is 2.24. The SMILES string of the molecule is O=C(O)c1cnc(/C=C/c2cccc(Cl)c2Cl)s1. The zero-order chi connectivity index (χ0) is 13.1. The van der Waals surface area contributed by atoms with Crippen molar-refractivity contribution in [1.29, 1.82) is 0 Å². The number of carboxylic acid groups (broad SMARTS) is 1. The number of hydrogen-bond acceptors (Lipinski definition) is 3. The molecule has 0 unspecified atom stereocenters. The largest absolute Gasteiger partial charge is 0.477 e. The third-order valence-electron chi connectivity index (χ3n) is 2.12. The molecule has 0 amide bonds. The highest BCUT2D eigenvalue weighted by molar-refractivity contribution is 7.14. The minimum absolute atomic E-state index is 0.201. The number of benzene rings is 1. The van der Waals surface area contributed by atoms with Crippen LogP contribution in [0.5, 0.6) is 0 Å². The van der Waals surface area contributed by atoms with Crippen molar-refractivity contribution < 1.29 is 9.90 Å². The molecule has 1 aromatic heterocycles. The second-order valence-electron chi connectivity index (χ2n) is 3.34. The van der Waals surface area contributed by atoms with Crippen molar-refractivity contribution in [2.45, 2.75) is 0 Å². The average Bonchev–Trinajstić information content (AvgIpc) is 2.80. The van der Waals surface area contributed by atoms with E-state index < -0.39 is 5.97 Å². The van der Waals surface area contributed by atoms with E-state index in [1.54, 1.807) is 24.3 Å². The molecule has 3 nitrogen and oxygen atoms in total. The van der Waals surface area contributed by atoms with Crippen LogP contribution in [0, 0.1) is 0 Å². The van der Waals surface area contributed by atoms with Crippen LogP contribution < -0.4 is 0 Å². The van der Waals surface area contributed by atoms with Gasteiger partial charge in [0.1, 0.15) is 9.88 Å². The van der Waals surface area contributed by atoms with Crippen LogP contribution in [0.3, 0.4) is 0 Å². The molecule has 1 N–H and O–H groups in total. The summed E-state index contributed by atoms with van der Waals surface area (Å²) in [6.45, 7) is 0. The third-order valence-corrected chi connectivity index (χ3v) is 3.91. The number of halogens is 2. The van der Waals surface area contributed by atoms with E-state index >= 15 is 0 Å². The number of hydrogen-bond donors (Lipinski definition) is 1. The second kappa shape index (κ2) is 5.52. The lowest BCUT2D eigenvalue weighted by molar-refractivity contribution is 0.0702. The molecule has 0 bridgehead atoms. The van der Waals surface area contributed by atoms with E-state index in [-0.39, 0.29) is 4.88 Å². The Hall–Kier alpha value is -1.36. The van der Waals surface area contributed by atoms with E-state index in [2.05, 4.69) is 4.98 Å². The lowest BCUT2D eigenvalue weighted by Gasteiger charge is -1.99. The van der Waals surface area contributed by atoms with Crippen molar-refractivity contribution in [1.82, 2.24) is 4.98 Å². The first-order chi connectivity index (χ1) is 8.58. The molecular formula is C12H7Cl2NO2S. The number of nitrogens with zero attached hydrogens (tertiary/aromatic N) is 1. The summed E-state index contributed by atoms with van der Waals surface area (Å²) in [5, 5.41) is 10.3. The maximum absolute atomic E-state index is 10.7. The van der Waals surface area contributed by atoms with Gasteiger partial charge < -0.3 is 5.11 Å². The highest BCUT2D eigenvalue weighted by Crippen LogP contribution is 2.27. The fraction of sp³-hybridized carbons (Fsp3) is 0. The number of rotatable bonds is 3. The zero-order valence-electron chi connectivity index (χ0n) is 8.93. The van der Waals surface area contributed by atoms with Gasteiger partial charge in [-0.2, -0.15) is 0 Å². The Morgan fingerprint density at radius 2 is 2.11 bits per heavy atom. The van der Waals surface area contributed by atoms with Crippen LogP contribution in [-0.4, -0.2) is 16.1 Å². The van der Waals surface area contributed by atoms with Gasteiger partial charge in [-0.3, -0.25) is 0 Å². The number of carboxylic acids is 1. The molecule has 6 heteroatoms. The number of aromatic nitrogens is 1. The van der Waals surface area contributed by atoms with Gasteiger partial charge in [0.05, 0.1) is 16.2 Å². The van der Waals surface area contributed by atoms with E-state index in [1.807, 2.05) is 6.07 Å². The Morgan fingerprint density at radius 3 is 2.78 bits per heavy atom. The summed E-state index contributed by atoms with van der Waals surface area (Å²) < 4.78 is 0. The van der Waals surface area contributed by atoms with Gasteiger partial charge in [0.15, 0.2) is 0 Å². The van der Waals surface area contributed by atoms with Crippen LogP contribution in [0.25, 0.3) is 12.2 Å². The normalized spacial score (nSPS) is 11.0. The highest BCUT2D eigenvalue weighted by atomic mass is 35.5.